The van der Waals surface area contributed by atoms with Crippen molar-refractivity contribution in [3.8, 4) is 0 Å². The van der Waals surface area contributed by atoms with Gasteiger partial charge in [-0.25, -0.2) is 0 Å². The fraction of sp³-hybridized carbons (Fsp3) is 0.429. The molecule has 0 saturated carbocycles. The second-order valence-electron chi connectivity index (χ2n) is 5.60. The molecule has 0 spiro atoms. The smallest absolute Gasteiger partial charge is 0.138 e. The molecule has 0 aliphatic heterocycles. The van der Waals surface area contributed by atoms with Gasteiger partial charge in [-0.2, -0.15) is 0 Å². The molecule has 2 rings (SSSR count). The molecule has 1 heterocycles. The van der Waals surface area contributed by atoms with Crippen molar-refractivity contribution in [2.75, 3.05) is 0 Å². The SMILES string of the molecule is Cc1ccc(Cl)c2cc(C(N)C(C)(C)C)oc12. The number of rotatable bonds is 1. The lowest BCUT2D eigenvalue weighted by molar-refractivity contribution is 0.290. The van der Waals surface area contributed by atoms with E-state index in [1.54, 1.807) is 0 Å². The second-order valence-corrected chi connectivity index (χ2v) is 6.01. The van der Waals surface area contributed by atoms with Crippen molar-refractivity contribution in [3.05, 3.63) is 34.5 Å². The quantitative estimate of drug-likeness (QED) is 0.814. The zero-order chi connectivity index (χ0) is 12.8. The lowest BCUT2D eigenvalue weighted by atomic mass is 9.86. The van der Waals surface area contributed by atoms with Crippen LogP contribution in [0, 0.1) is 12.3 Å². The molecule has 1 aromatic heterocycles. The normalized spacial score (nSPS) is 14.2. The Hall–Kier alpha value is -0.990. The van der Waals surface area contributed by atoms with E-state index in [1.165, 1.54) is 0 Å². The largest absolute Gasteiger partial charge is 0.459 e. The minimum atomic E-state index is -0.134. The van der Waals surface area contributed by atoms with Gasteiger partial charge in [-0.1, -0.05) is 38.4 Å². The Bertz CT molecular complexity index is 512. The Morgan fingerprint density at radius 1 is 1.29 bits per heavy atom. The summed E-state index contributed by atoms with van der Waals surface area (Å²) in [5, 5.41) is 1.66. The maximum atomic E-state index is 6.20. The third kappa shape index (κ3) is 2.20. The van der Waals surface area contributed by atoms with Crippen molar-refractivity contribution in [2.45, 2.75) is 33.7 Å². The van der Waals surface area contributed by atoms with Gasteiger partial charge in [0.15, 0.2) is 0 Å². The van der Waals surface area contributed by atoms with Gasteiger partial charge >= 0.3 is 0 Å². The summed E-state index contributed by atoms with van der Waals surface area (Å²) in [7, 11) is 0. The molecule has 1 atom stereocenters. The van der Waals surface area contributed by atoms with Gasteiger partial charge in [-0.3, -0.25) is 0 Å². The molecule has 0 radical (unpaired) electrons. The summed E-state index contributed by atoms with van der Waals surface area (Å²) in [6.07, 6.45) is 0. The highest BCUT2D eigenvalue weighted by atomic mass is 35.5. The monoisotopic (exact) mass is 251 g/mol. The predicted octanol–water partition coefficient (Wildman–Crippen LogP) is 4.44. The van der Waals surface area contributed by atoms with Crippen LogP contribution in [0.3, 0.4) is 0 Å². The first-order valence-electron chi connectivity index (χ1n) is 5.75. The number of hydrogen-bond donors (Lipinski definition) is 1. The van der Waals surface area contributed by atoms with Gasteiger partial charge in [0.05, 0.1) is 11.1 Å². The van der Waals surface area contributed by atoms with Crippen LogP contribution >= 0.6 is 11.6 Å². The molecule has 0 amide bonds. The molecule has 0 fully saturated rings. The molecule has 0 bridgehead atoms. The highest BCUT2D eigenvalue weighted by Gasteiger charge is 2.26. The zero-order valence-corrected chi connectivity index (χ0v) is 11.4. The van der Waals surface area contributed by atoms with Crippen molar-refractivity contribution in [1.82, 2.24) is 0 Å². The molecule has 17 heavy (non-hydrogen) atoms. The van der Waals surface area contributed by atoms with Gasteiger partial charge in [0, 0.05) is 5.39 Å². The molecule has 0 saturated heterocycles. The zero-order valence-electron chi connectivity index (χ0n) is 10.7. The van der Waals surface area contributed by atoms with Crippen LogP contribution in [0.1, 0.15) is 38.1 Å². The van der Waals surface area contributed by atoms with Crippen LogP contribution < -0.4 is 5.73 Å². The van der Waals surface area contributed by atoms with Crippen LogP contribution in [0.25, 0.3) is 11.0 Å². The lowest BCUT2D eigenvalue weighted by Crippen LogP contribution is -2.25. The Labute approximate surface area is 107 Å². The summed E-state index contributed by atoms with van der Waals surface area (Å²) in [6.45, 7) is 8.30. The van der Waals surface area contributed by atoms with Gasteiger partial charge in [-0.05, 0) is 30.0 Å². The lowest BCUT2D eigenvalue weighted by Gasteiger charge is -2.24. The fourth-order valence-electron chi connectivity index (χ4n) is 1.82. The van der Waals surface area contributed by atoms with E-state index in [-0.39, 0.29) is 11.5 Å². The van der Waals surface area contributed by atoms with E-state index < -0.39 is 0 Å². The first-order valence-corrected chi connectivity index (χ1v) is 6.12. The number of nitrogens with two attached hydrogens (primary N) is 1. The molecule has 0 aliphatic rings. The number of hydrogen-bond acceptors (Lipinski definition) is 2. The van der Waals surface area contributed by atoms with Crippen molar-refractivity contribution < 1.29 is 4.42 Å². The van der Waals surface area contributed by atoms with Crippen LogP contribution in [-0.2, 0) is 0 Å². The van der Waals surface area contributed by atoms with E-state index in [0.717, 1.165) is 22.3 Å². The minimum absolute atomic E-state index is 0.0335. The molecular weight excluding hydrogens is 234 g/mol. The average molecular weight is 252 g/mol. The standard InChI is InChI=1S/C14H18ClNO/c1-8-5-6-10(15)9-7-11(17-12(8)9)13(16)14(2,3)4/h5-7,13H,16H2,1-4H3. The van der Waals surface area contributed by atoms with Gasteiger partial charge in [-0.15, -0.1) is 0 Å². The Morgan fingerprint density at radius 3 is 2.47 bits per heavy atom. The van der Waals surface area contributed by atoms with E-state index in [0.29, 0.717) is 5.02 Å². The van der Waals surface area contributed by atoms with Gasteiger partial charge < -0.3 is 10.2 Å². The third-order valence-corrected chi connectivity index (χ3v) is 3.42. The fourth-order valence-corrected chi connectivity index (χ4v) is 2.03. The maximum Gasteiger partial charge on any atom is 0.138 e. The van der Waals surface area contributed by atoms with Gasteiger partial charge in [0.25, 0.3) is 0 Å². The van der Waals surface area contributed by atoms with Crippen molar-refractivity contribution in [2.24, 2.45) is 11.1 Å². The Balaban J connectivity index is 2.59. The van der Waals surface area contributed by atoms with Crippen LogP contribution in [-0.4, -0.2) is 0 Å². The highest BCUT2D eigenvalue weighted by Crippen LogP contribution is 2.36. The van der Waals surface area contributed by atoms with Gasteiger partial charge in [0.2, 0.25) is 0 Å². The molecule has 1 aromatic carbocycles. The first-order chi connectivity index (χ1) is 7.80. The first kappa shape index (κ1) is 12.5. The molecule has 2 aromatic rings. The topological polar surface area (TPSA) is 39.2 Å². The van der Waals surface area contributed by atoms with Crippen LogP contribution in [0.4, 0.5) is 0 Å². The van der Waals surface area contributed by atoms with Gasteiger partial charge in [0.1, 0.15) is 11.3 Å². The number of halogens is 1. The van der Waals surface area contributed by atoms with Crippen molar-refractivity contribution in [3.63, 3.8) is 0 Å². The molecular formula is C14H18ClNO. The van der Waals surface area contributed by atoms with Crippen molar-refractivity contribution >= 4 is 22.6 Å². The number of furan rings is 1. The minimum Gasteiger partial charge on any atom is -0.459 e. The Kier molecular flexibility index (Phi) is 2.96. The second kappa shape index (κ2) is 4.04. The summed E-state index contributed by atoms with van der Waals surface area (Å²) in [4.78, 5) is 0. The maximum absolute atomic E-state index is 6.20. The number of fused-ring (bicyclic) bond motifs is 1. The molecule has 1 unspecified atom stereocenters. The van der Waals surface area contributed by atoms with E-state index >= 15 is 0 Å². The van der Waals surface area contributed by atoms with E-state index in [9.17, 15) is 0 Å². The summed E-state index contributed by atoms with van der Waals surface area (Å²) in [6, 6.07) is 5.67. The van der Waals surface area contributed by atoms with Crippen LogP contribution in [0.2, 0.25) is 5.02 Å². The summed E-state index contributed by atoms with van der Waals surface area (Å²) >= 11 is 6.16. The number of benzene rings is 1. The number of aryl methyl sites for hydroxylation is 1. The summed E-state index contributed by atoms with van der Waals surface area (Å²) in [5.74, 6) is 0.795. The average Bonchev–Trinajstić information content (AvgIpc) is 2.67. The third-order valence-electron chi connectivity index (χ3n) is 3.09. The molecule has 0 aliphatic carbocycles. The summed E-state index contributed by atoms with van der Waals surface area (Å²) < 4.78 is 5.86. The predicted molar refractivity (Wildman–Crippen MR) is 72.3 cm³/mol. The molecule has 3 heteroatoms. The van der Waals surface area contributed by atoms with E-state index in [2.05, 4.69) is 20.8 Å². The van der Waals surface area contributed by atoms with E-state index in [4.69, 9.17) is 21.8 Å². The summed E-state index contributed by atoms with van der Waals surface area (Å²) in [5.41, 5.74) is 8.09. The van der Waals surface area contributed by atoms with Crippen molar-refractivity contribution in [1.29, 1.82) is 0 Å². The highest BCUT2D eigenvalue weighted by molar-refractivity contribution is 6.35. The molecule has 92 valence electrons. The van der Waals surface area contributed by atoms with Crippen LogP contribution in [0.5, 0.6) is 0 Å². The molecule has 2 nitrogen and oxygen atoms in total. The Morgan fingerprint density at radius 2 is 1.94 bits per heavy atom. The van der Waals surface area contributed by atoms with E-state index in [1.807, 2.05) is 25.1 Å². The van der Waals surface area contributed by atoms with Crippen LogP contribution in [0.15, 0.2) is 22.6 Å². The molecule has 2 N–H and O–H groups in total.